The van der Waals surface area contributed by atoms with Crippen LogP contribution < -0.4 is 5.56 Å². The van der Waals surface area contributed by atoms with Crippen LogP contribution in [0, 0.1) is 0 Å². The topological polar surface area (TPSA) is 89.3 Å². The minimum absolute atomic E-state index is 0.117. The zero-order valence-electron chi connectivity index (χ0n) is 17.6. The molecule has 0 aliphatic rings. The van der Waals surface area contributed by atoms with Gasteiger partial charge >= 0.3 is 0 Å². The number of rotatable bonds is 4. The van der Waals surface area contributed by atoms with Crippen LogP contribution in [0.25, 0.3) is 27.7 Å². The lowest BCUT2D eigenvalue weighted by Gasteiger charge is -2.12. The van der Waals surface area contributed by atoms with Crippen LogP contribution in [0.1, 0.15) is 0 Å². The van der Waals surface area contributed by atoms with Crippen molar-refractivity contribution in [2.75, 3.05) is 0 Å². The monoisotopic (exact) mass is 532 g/mol. The lowest BCUT2D eigenvalue weighted by Crippen LogP contribution is -2.22. The van der Waals surface area contributed by atoms with Crippen molar-refractivity contribution in [3.05, 3.63) is 112 Å². The minimum Gasteiger partial charge on any atom is -0.508 e. The molecule has 0 saturated carbocycles. The maximum atomic E-state index is 13.2. The van der Waals surface area contributed by atoms with E-state index in [1.165, 1.54) is 28.9 Å². The SMILES string of the molecule is O=c1c2ccccc2c(-c2ccc(O)cc2)nn1-c1ccc(S(=O)(=O)c2ccc(Br)cc2)cc1. The van der Waals surface area contributed by atoms with Crippen molar-refractivity contribution in [1.29, 1.82) is 0 Å². The highest BCUT2D eigenvalue weighted by Gasteiger charge is 2.18. The molecule has 0 amide bonds. The first-order chi connectivity index (χ1) is 16.3. The number of benzene rings is 4. The quantitative estimate of drug-likeness (QED) is 0.336. The smallest absolute Gasteiger partial charge is 0.279 e. The van der Waals surface area contributed by atoms with Crippen molar-refractivity contribution in [2.24, 2.45) is 0 Å². The Hall–Kier alpha value is -3.75. The number of hydrogen-bond donors (Lipinski definition) is 1. The van der Waals surface area contributed by atoms with Crippen molar-refractivity contribution in [2.45, 2.75) is 9.79 Å². The van der Waals surface area contributed by atoms with Gasteiger partial charge in [-0.15, -0.1) is 0 Å². The Balaban J connectivity index is 1.64. The van der Waals surface area contributed by atoms with Gasteiger partial charge in [0.15, 0.2) is 0 Å². The third-order valence-corrected chi connectivity index (χ3v) is 7.78. The van der Waals surface area contributed by atoms with Gasteiger partial charge in [0.05, 0.1) is 26.6 Å². The van der Waals surface area contributed by atoms with Crippen LogP contribution >= 0.6 is 15.9 Å². The highest BCUT2D eigenvalue weighted by Crippen LogP contribution is 2.27. The van der Waals surface area contributed by atoms with Crippen LogP contribution in [0.4, 0.5) is 0 Å². The van der Waals surface area contributed by atoms with Crippen molar-refractivity contribution in [3.63, 3.8) is 0 Å². The molecule has 0 saturated heterocycles. The van der Waals surface area contributed by atoms with Crippen LogP contribution in [0.3, 0.4) is 0 Å². The van der Waals surface area contributed by atoms with Gasteiger partial charge in [-0.05, 0) is 78.9 Å². The molecule has 5 rings (SSSR count). The number of phenols is 1. The Morgan fingerprint density at radius 3 is 1.91 bits per heavy atom. The standard InChI is InChI=1S/C26H17BrN2O4S/c27-18-7-13-21(14-8-18)34(32,33)22-15-9-19(10-16-22)29-26(31)24-4-2-1-3-23(24)25(28-29)17-5-11-20(30)12-6-17/h1-16,30H. The first-order valence-electron chi connectivity index (χ1n) is 10.3. The number of halogens is 1. The molecule has 168 valence electrons. The molecule has 0 aliphatic carbocycles. The predicted molar refractivity (Wildman–Crippen MR) is 134 cm³/mol. The first kappa shape index (κ1) is 22.1. The summed E-state index contributed by atoms with van der Waals surface area (Å²) in [5, 5.41) is 15.4. The van der Waals surface area contributed by atoms with E-state index in [1.807, 2.05) is 12.1 Å². The van der Waals surface area contributed by atoms with Crippen molar-refractivity contribution in [3.8, 4) is 22.7 Å². The molecule has 1 N–H and O–H groups in total. The van der Waals surface area contributed by atoms with Crippen LogP contribution in [-0.4, -0.2) is 23.3 Å². The highest BCUT2D eigenvalue weighted by molar-refractivity contribution is 9.10. The fourth-order valence-corrected chi connectivity index (χ4v) is 5.24. The number of fused-ring (bicyclic) bond motifs is 1. The molecule has 0 spiro atoms. The number of aromatic hydroxyl groups is 1. The zero-order chi connectivity index (χ0) is 23.9. The number of phenolic OH excluding ortho intramolecular Hbond substituents is 1. The molecule has 0 radical (unpaired) electrons. The number of aromatic nitrogens is 2. The summed E-state index contributed by atoms with van der Waals surface area (Å²) in [7, 11) is -3.71. The summed E-state index contributed by atoms with van der Waals surface area (Å²) in [6, 6.07) is 26.2. The number of hydrogen-bond acceptors (Lipinski definition) is 5. The second kappa shape index (κ2) is 8.55. The lowest BCUT2D eigenvalue weighted by molar-refractivity contribution is 0.475. The maximum absolute atomic E-state index is 13.2. The second-order valence-corrected chi connectivity index (χ2v) is 10.5. The zero-order valence-corrected chi connectivity index (χ0v) is 20.0. The molecule has 0 atom stereocenters. The molecule has 0 unspecified atom stereocenters. The van der Waals surface area contributed by atoms with Gasteiger partial charge in [-0.25, -0.2) is 8.42 Å². The lowest BCUT2D eigenvalue weighted by atomic mass is 10.0. The van der Waals surface area contributed by atoms with E-state index < -0.39 is 9.84 Å². The van der Waals surface area contributed by atoms with E-state index in [-0.39, 0.29) is 21.1 Å². The maximum Gasteiger partial charge on any atom is 0.279 e. The number of sulfone groups is 1. The summed E-state index contributed by atoms with van der Waals surface area (Å²) in [5.41, 5.74) is 1.42. The summed E-state index contributed by atoms with van der Waals surface area (Å²) in [6.45, 7) is 0. The van der Waals surface area contributed by atoms with Gasteiger partial charge in [0.25, 0.3) is 5.56 Å². The van der Waals surface area contributed by atoms with E-state index in [2.05, 4.69) is 21.0 Å². The summed E-state index contributed by atoms with van der Waals surface area (Å²) >= 11 is 3.31. The van der Waals surface area contributed by atoms with Gasteiger partial charge < -0.3 is 5.11 Å². The summed E-state index contributed by atoms with van der Waals surface area (Å²) in [5.74, 6) is 0.129. The molecule has 8 heteroatoms. The summed E-state index contributed by atoms with van der Waals surface area (Å²) in [4.78, 5) is 13.5. The fourth-order valence-electron chi connectivity index (χ4n) is 3.71. The van der Waals surface area contributed by atoms with Crippen molar-refractivity contribution < 1.29 is 13.5 Å². The van der Waals surface area contributed by atoms with Crippen LogP contribution in [0.2, 0.25) is 0 Å². The third kappa shape index (κ3) is 3.91. The van der Waals surface area contributed by atoms with E-state index in [0.717, 1.165) is 10.0 Å². The van der Waals surface area contributed by atoms with Gasteiger partial charge in [-0.3, -0.25) is 4.79 Å². The third-order valence-electron chi connectivity index (χ3n) is 5.46. The molecule has 0 aliphatic heterocycles. The van der Waals surface area contributed by atoms with Crippen LogP contribution in [-0.2, 0) is 9.84 Å². The molecule has 0 bridgehead atoms. The number of nitrogens with zero attached hydrogens (tertiary/aromatic N) is 2. The first-order valence-corrected chi connectivity index (χ1v) is 12.5. The largest absolute Gasteiger partial charge is 0.508 e. The van der Waals surface area contributed by atoms with Crippen molar-refractivity contribution >= 4 is 36.5 Å². The van der Waals surface area contributed by atoms with E-state index in [4.69, 9.17) is 0 Å². The second-order valence-electron chi connectivity index (χ2n) is 7.61. The molecular weight excluding hydrogens is 516 g/mol. The van der Waals surface area contributed by atoms with Gasteiger partial charge in [0.1, 0.15) is 5.75 Å². The molecule has 1 aromatic heterocycles. The average molecular weight is 533 g/mol. The predicted octanol–water partition coefficient (Wildman–Crippen LogP) is 5.35. The van der Waals surface area contributed by atoms with E-state index in [1.54, 1.807) is 60.7 Å². The summed E-state index contributed by atoms with van der Waals surface area (Å²) < 4.78 is 28.0. The normalized spacial score (nSPS) is 11.6. The molecular formula is C26H17BrN2O4S. The van der Waals surface area contributed by atoms with Crippen LogP contribution in [0.15, 0.2) is 116 Å². The molecule has 34 heavy (non-hydrogen) atoms. The Morgan fingerprint density at radius 2 is 1.29 bits per heavy atom. The Bertz CT molecular complexity index is 1680. The molecule has 5 aromatic rings. The molecule has 6 nitrogen and oxygen atoms in total. The average Bonchev–Trinajstić information content (AvgIpc) is 2.85. The van der Waals surface area contributed by atoms with Gasteiger partial charge in [-0.2, -0.15) is 9.78 Å². The Labute approximate surface area is 203 Å². The van der Waals surface area contributed by atoms with Gasteiger partial charge in [0.2, 0.25) is 9.84 Å². The van der Waals surface area contributed by atoms with Gasteiger partial charge in [-0.1, -0.05) is 34.1 Å². The van der Waals surface area contributed by atoms with Gasteiger partial charge in [0, 0.05) is 15.4 Å². The Kier molecular flexibility index (Phi) is 5.55. The molecule has 0 fully saturated rings. The Morgan fingerprint density at radius 1 is 0.735 bits per heavy atom. The molecule has 4 aromatic carbocycles. The van der Waals surface area contributed by atoms with E-state index in [0.29, 0.717) is 22.2 Å². The molecule has 1 heterocycles. The van der Waals surface area contributed by atoms with Crippen molar-refractivity contribution in [1.82, 2.24) is 9.78 Å². The fraction of sp³-hybridized carbons (Fsp3) is 0. The minimum atomic E-state index is -3.71. The summed E-state index contributed by atoms with van der Waals surface area (Å²) in [6.07, 6.45) is 0. The van der Waals surface area contributed by atoms with E-state index >= 15 is 0 Å². The highest BCUT2D eigenvalue weighted by atomic mass is 79.9. The van der Waals surface area contributed by atoms with E-state index in [9.17, 15) is 18.3 Å². The van der Waals surface area contributed by atoms with Crippen LogP contribution in [0.5, 0.6) is 5.75 Å².